The van der Waals surface area contributed by atoms with E-state index in [-0.39, 0.29) is 22.8 Å². The van der Waals surface area contributed by atoms with E-state index in [1.54, 1.807) is 12.1 Å². The third-order valence-corrected chi connectivity index (χ3v) is 3.73. The first kappa shape index (κ1) is 17.6. The van der Waals surface area contributed by atoms with Gasteiger partial charge >= 0.3 is 0 Å². The Bertz CT molecular complexity index is 945. The zero-order chi connectivity index (χ0) is 18.5. The summed E-state index contributed by atoms with van der Waals surface area (Å²) in [5, 5.41) is 5.13. The molecule has 2 aromatic heterocycles. The second-order valence-electron chi connectivity index (χ2n) is 5.27. The summed E-state index contributed by atoms with van der Waals surface area (Å²) in [6, 6.07) is 10.1. The fourth-order valence-electron chi connectivity index (χ4n) is 2.14. The Morgan fingerprint density at radius 1 is 1.15 bits per heavy atom. The summed E-state index contributed by atoms with van der Waals surface area (Å²) < 4.78 is 18.3. The van der Waals surface area contributed by atoms with Gasteiger partial charge in [0.2, 0.25) is 0 Å². The monoisotopic (exact) mass is 373 g/mol. The lowest BCUT2D eigenvalue weighted by molar-refractivity contribution is 0.0943. The van der Waals surface area contributed by atoms with Crippen molar-refractivity contribution in [3.8, 4) is 0 Å². The number of anilines is 1. The Kier molecular flexibility index (Phi) is 5.28. The quantitative estimate of drug-likeness (QED) is 0.715. The van der Waals surface area contributed by atoms with Crippen LogP contribution >= 0.6 is 11.6 Å². The van der Waals surface area contributed by atoms with Gasteiger partial charge in [0.15, 0.2) is 0 Å². The minimum absolute atomic E-state index is 0.0846. The van der Waals surface area contributed by atoms with Gasteiger partial charge in [-0.15, -0.1) is 0 Å². The highest BCUT2D eigenvalue weighted by Gasteiger charge is 2.13. The highest BCUT2D eigenvalue weighted by molar-refractivity contribution is 6.31. The normalized spacial score (nSPS) is 10.4. The van der Waals surface area contributed by atoms with Crippen molar-refractivity contribution < 1.29 is 18.4 Å². The lowest BCUT2D eigenvalue weighted by atomic mass is 10.2. The number of hydrogen-bond acceptors (Lipinski definition) is 4. The van der Waals surface area contributed by atoms with Crippen LogP contribution in [0.3, 0.4) is 0 Å². The molecular weight excluding hydrogens is 361 g/mol. The van der Waals surface area contributed by atoms with Gasteiger partial charge in [-0.05, 0) is 42.5 Å². The van der Waals surface area contributed by atoms with Crippen LogP contribution in [0.25, 0.3) is 0 Å². The number of carbonyl (C=O) groups is 2. The number of nitrogens with zero attached hydrogens (tertiary/aromatic N) is 1. The van der Waals surface area contributed by atoms with Crippen molar-refractivity contribution in [2.75, 3.05) is 5.32 Å². The number of benzene rings is 1. The number of nitrogens with one attached hydrogen (secondary N) is 2. The molecule has 0 saturated carbocycles. The fourth-order valence-corrected chi connectivity index (χ4v) is 2.32. The van der Waals surface area contributed by atoms with Crippen molar-refractivity contribution in [2.24, 2.45) is 0 Å². The van der Waals surface area contributed by atoms with Gasteiger partial charge in [0.1, 0.15) is 17.3 Å². The van der Waals surface area contributed by atoms with Crippen LogP contribution in [0.4, 0.5) is 10.1 Å². The standard InChI is InChI=1S/C18H13ClFN3O3/c19-14-9-12(3-4-15(14)20)23-17(24)11-5-6-21-16(8-11)18(25)22-10-13-2-1-7-26-13/h1-9H,10H2,(H,22,25)(H,23,24). The van der Waals surface area contributed by atoms with Crippen LogP contribution < -0.4 is 10.6 Å². The number of amides is 2. The molecule has 0 atom stereocenters. The van der Waals surface area contributed by atoms with Crippen molar-refractivity contribution in [2.45, 2.75) is 6.54 Å². The molecule has 132 valence electrons. The molecule has 8 heteroatoms. The topological polar surface area (TPSA) is 84.2 Å². The van der Waals surface area contributed by atoms with Gasteiger partial charge in [0, 0.05) is 17.4 Å². The van der Waals surface area contributed by atoms with Crippen LogP contribution in [0.15, 0.2) is 59.3 Å². The van der Waals surface area contributed by atoms with Crippen molar-refractivity contribution >= 4 is 29.1 Å². The van der Waals surface area contributed by atoms with E-state index >= 15 is 0 Å². The van der Waals surface area contributed by atoms with Crippen LogP contribution in [0.1, 0.15) is 26.6 Å². The number of pyridine rings is 1. The molecule has 3 aromatic rings. The Balaban J connectivity index is 1.68. The van der Waals surface area contributed by atoms with E-state index in [1.807, 2.05) is 0 Å². The molecule has 0 fully saturated rings. The van der Waals surface area contributed by atoms with Crippen LogP contribution in [-0.2, 0) is 6.54 Å². The van der Waals surface area contributed by atoms with E-state index < -0.39 is 17.6 Å². The second-order valence-corrected chi connectivity index (χ2v) is 5.68. The smallest absolute Gasteiger partial charge is 0.270 e. The molecule has 0 aliphatic heterocycles. The number of hydrogen-bond donors (Lipinski definition) is 2. The number of aromatic nitrogens is 1. The molecule has 3 rings (SSSR count). The summed E-state index contributed by atoms with van der Waals surface area (Å²) >= 11 is 5.69. The maximum absolute atomic E-state index is 13.2. The number of furan rings is 1. The summed E-state index contributed by atoms with van der Waals surface area (Å²) in [5.74, 6) is -0.902. The van der Waals surface area contributed by atoms with E-state index in [0.717, 1.165) is 6.07 Å². The first-order chi connectivity index (χ1) is 12.5. The molecule has 0 radical (unpaired) electrons. The van der Waals surface area contributed by atoms with Crippen LogP contribution in [-0.4, -0.2) is 16.8 Å². The summed E-state index contributed by atoms with van der Waals surface area (Å²) in [7, 11) is 0. The van der Waals surface area contributed by atoms with Crippen LogP contribution in [0.5, 0.6) is 0 Å². The van der Waals surface area contributed by atoms with Crippen molar-refractivity contribution in [3.63, 3.8) is 0 Å². The SMILES string of the molecule is O=C(Nc1ccc(F)c(Cl)c1)c1ccnc(C(=O)NCc2ccco2)c1. The van der Waals surface area contributed by atoms with Gasteiger partial charge in [0.05, 0.1) is 17.8 Å². The van der Waals surface area contributed by atoms with Gasteiger partial charge in [-0.25, -0.2) is 4.39 Å². The average Bonchev–Trinajstić information content (AvgIpc) is 3.16. The van der Waals surface area contributed by atoms with Gasteiger partial charge in [-0.2, -0.15) is 0 Å². The lowest BCUT2D eigenvalue weighted by Gasteiger charge is -2.07. The molecule has 1 aromatic carbocycles. The van der Waals surface area contributed by atoms with Gasteiger partial charge < -0.3 is 15.1 Å². The summed E-state index contributed by atoms with van der Waals surface area (Å²) in [6.07, 6.45) is 2.86. The highest BCUT2D eigenvalue weighted by Crippen LogP contribution is 2.20. The van der Waals surface area contributed by atoms with Crippen LogP contribution in [0.2, 0.25) is 5.02 Å². The molecule has 2 heterocycles. The zero-order valence-corrected chi connectivity index (χ0v) is 14.1. The molecule has 6 nitrogen and oxygen atoms in total. The zero-order valence-electron chi connectivity index (χ0n) is 13.3. The molecule has 26 heavy (non-hydrogen) atoms. The third-order valence-electron chi connectivity index (χ3n) is 3.44. The summed E-state index contributed by atoms with van der Waals surface area (Å²) in [4.78, 5) is 28.4. The molecular formula is C18H13ClFN3O3. The van der Waals surface area contributed by atoms with E-state index in [0.29, 0.717) is 11.4 Å². The Morgan fingerprint density at radius 2 is 2.00 bits per heavy atom. The molecule has 0 aliphatic rings. The van der Waals surface area contributed by atoms with Gasteiger partial charge in [-0.3, -0.25) is 14.6 Å². The Morgan fingerprint density at radius 3 is 2.73 bits per heavy atom. The van der Waals surface area contributed by atoms with E-state index in [2.05, 4.69) is 15.6 Å². The lowest BCUT2D eigenvalue weighted by Crippen LogP contribution is -2.24. The molecule has 0 spiro atoms. The van der Waals surface area contributed by atoms with E-state index in [4.69, 9.17) is 16.0 Å². The predicted molar refractivity (Wildman–Crippen MR) is 93.5 cm³/mol. The van der Waals surface area contributed by atoms with Gasteiger partial charge in [0.25, 0.3) is 11.8 Å². The first-order valence-corrected chi connectivity index (χ1v) is 7.94. The van der Waals surface area contributed by atoms with Crippen molar-refractivity contribution in [1.29, 1.82) is 0 Å². The number of carbonyl (C=O) groups excluding carboxylic acids is 2. The summed E-state index contributed by atoms with van der Waals surface area (Å²) in [6.45, 7) is 0.206. The fraction of sp³-hybridized carbons (Fsp3) is 0.0556. The number of rotatable bonds is 5. The first-order valence-electron chi connectivity index (χ1n) is 7.56. The molecule has 0 saturated heterocycles. The Hall–Kier alpha value is -3.19. The molecule has 0 bridgehead atoms. The van der Waals surface area contributed by atoms with E-state index in [9.17, 15) is 14.0 Å². The minimum Gasteiger partial charge on any atom is -0.467 e. The van der Waals surface area contributed by atoms with Crippen molar-refractivity contribution in [3.05, 3.63) is 82.8 Å². The second kappa shape index (κ2) is 7.79. The molecule has 0 unspecified atom stereocenters. The summed E-state index contributed by atoms with van der Waals surface area (Å²) in [5.41, 5.74) is 0.645. The Labute approximate surface area is 153 Å². The maximum Gasteiger partial charge on any atom is 0.270 e. The van der Waals surface area contributed by atoms with Crippen LogP contribution in [0, 0.1) is 5.82 Å². The molecule has 0 aliphatic carbocycles. The number of halogens is 2. The highest BCUT2D eigenvalue weighted by atomic mass is 35.5. The molecule has 2 N–H and O–H groups in total. The average molecular weight is 374 g/mol. The van der Waals surface area contributed by atoms with Crippen molar-refractivity contribution in [1.82, 2.24) is 10.3 Å². The minimum atomic E-state index is -0.580. The van der Waals surface area contributed by atoms with Gasteiger partial charge in [-0.1, -0.05) is 11.6 Å². The van der Waals surface area contributed by atoms with E-state index in [1.165, 1.54) is 36.7 Å². The largest absolute Gasteiger partial charge is 0.467 e. The molecule has 2 amide bonds. The maximum atomic E-state index is 13.2. The third kappa shape index (κ3) is 4.25. The predicted octanol–water partition coefficient (Wildman–Crippen LogP) is 3.65.